The molecule has 2 rings (SSSR count). The molecule has 1 saturated carbocycles. The molecular weight excluding hydrogens is 265 g/mol. The van der Waals surface area contributed by atoms with Crippen molar-refractivity contribution in [3.63, 3.8) is 0 Å². The lowest BCUT2D eigenvalue weighted by Gasteiger charge is -2.31. The van der Waals surface area contributed by atoms with E-state index in [-0.39, 0.29) is 5.41 Å². The number of nitrogens with one attached hydrogen (secondary N) is 1. The van der Waals surface area contributed by atoms with Crippen LogP contribution in [0.2, 0.25) is 10.0 Å². The first-order chi connectivity index (χ1) is 8.68. The smallest absolute Gasteiger partial charge is 0.0458 e. The van der Waals surface area contributed by atoms with Gasteiger partial charge in [-0.15, -0.1) is 0 Å². The highest BCUT2D eigenvalue weighted by molar-refractivity contribution is 6.35. The van der Waals surface area contributed by atoms with Crippen LogP contribution >= 0.6 is 23.2 Å². The normalized spacial score (nSPS) is 18.2. The number of benzene rings is 1. The fraction of sp³-hybridized carbons (Fsp3) is 0.600. The van der Waals surface area contributed by atoms with Crippen LogP contribution in [0.1, 0.15) is 44.6 Å². The molecule has 1 N–H and O–H groups in total. The third-order valence-corrected chi connectivity index (χ3v) is 4.50. The molecule has 0 spiro atoms. The second kappa shape index (κ2) is 6.27. The Balaban J connectivity index is 2.23. The zero-order chi connectivity index (χ0) is 13.0. The van der Waals surface area contributed by atoms with E-state index in [1.807, 2.05) is 12.1 Å². The third-order valence-electron chi connectivity index (χ3n) is 3.95. The monoisotopic (exact) mass is 285 g/mol. The Morgan fingerprint density at radius 3 is 2.56 bits per heavy atom. The van der Waals surface area contributed by atoms with E-state index in [0.717, 1.165) is 23.1 Å². The second-order valence-corrected chi connectivity index (χ2v) is 6.13. The minimum atomic E-state index is 0.219. The van der Waals surface area contributed by atoms with Gasteiger partial charge in [0, 0.05) is 22.0 Å². The van der Waals surface area contributed by atoms with Gasteiger partial charge in [-0.05, 0) is 43.5 Å². The van der Waals surface area contributed by atoms with Crippen LogP contribution in [-0.2, 0) is 5.41 Å². The number of halogens is 2. The highest BCUT2D eigenvalue weighted by atomic mass is 35.5. The molecular formula is C15H21Cl2N. The average Bonchev–Trinajstić information content (AvgIpc) is 2.79. The minimum Gasteiger partial charge on any atom is -0.316 e. The van der Waals surface area contributed by atoms with Crippen molar-refractivity contribution in [3.8, 4) is 0 Å². The molecule has 0 aliphatic heterocycles. The number of hydrogen-bond donors (Lipinski definition) is 1. The van der Waals surface area contributed by atoms with Crippen molar-refractivity contribution in [2.75, 3.05) is 13.1 Å². The molecule has 0 unspecified atom stereocenters. The van der Waals surface area contributed by atoms with E-state index in [4.69, 9.17) is 23.2 Å². The van der Waals surface area contributed by atoms with Crippen molar-refractivity contribution >= 4 is 23.2 Å². The molecule has 1 aliphatic rings. The van der Waals surface area contributed by atoms with Crippen LogP contribution in [0.25, 0.3) is 0 Å². The van der Waals surface area contributed by atoms with Gasteiger partial charge in [-0.3, -0.25) is 0 Å². The van der Waals surface area contributed by atoms with Crippen molar-refractivity contribution < 1.29 is 0 Å². The fourth-order valence-electron chi connectivity index (χ4n) is 3.02. The number of rotatable bonds is 5. The summed E-state index contributed by atoms with van der Waals surface area (Å²) in [5.41, 5.74) is 1.49. The van der Waals surface area contributed by atoms with Gasteiger partial charge in [0.15, 0.2) is 0 Å². The molecule has 0 aromatic heterocycles. The van der Waals surface area contributed by atoms with E-state index in [9.17, 15) is 0 Å². The lowest BCUT2D eigenvalue weighted by molar-refractivity contribution is 0.405. The van der Waals surface area contributed by atoms with E-state index >= 15 is 0 Å². The van der Waals surface area contributed by atoms with Gasteiger partial charge in [0.25, 0.3) is 0 Å². The Hall–Kier alpha value is -0.240. The molecule has 0 radical (unpaired) electrons. The largest absolute Gasteiger partial charge is 0.316 e. The van der Waals surface area contributed by atoms with Crippen molar-refractivity contribution in [2.24, 2.45) is 0 Å². The summed E-state index contributed by atoms with van der Waals surface area (Å²) in [6, 6.07) is 5.95. The van der Waals surface area contributed by atoms with Crippen LogP contribution in [0.3, 0.4) is 0 Å². The molecule has 0 bridgehead atoms. The van der Waals surface area contributed by atoms with Gasteiger partial charge < -0.3 is 5.32 Å². The Kier molecular flexibility index (Phi) is 4.94. The van der Waals surface area contributed by atoms with Gasteiger partial charge in [-0.25, -0.2) is 0 Å². The zero-order valence-electron chi connectivity index (χ0n) is 10.9. The molecule has 0 saturated heterocycles. The molecule has 0 atom stereocenters. The lowest BCUT2D eigenvalue weighted by Crippen LogP contribution is -2.36. The van der Waals surface area contributed by atoms with Crippen molar-refractivity contribution in [1.82, 2.24) is 5.32 Å². The SMILES string of the molecule is CCCNCC1(c2ccc(Cl)cc2Cl)CCCC1. The van der Waals surface area contributed by atoms with E-state index in [1.54, 1.807) is 0 Å². The zero-order valence-corrected chi connectivity index (χ0v) is 12.4. The highest BCUT2D eigenvalue weighted by Crippen LogP contribution is 2.43. The van der Waals surface area contributed by atoms with Crippen molar-refractivity contribution in [2.45, 2.75) is 44.4 Å². The summed E-state index contributed by atoms with van der Waals surface area (Å²) in [7, 11) is 0. The second-order valence-electron chi connectivity index (χ2n) is 5.29. The van der Waals surface area contributed by atoms with Crippen LogP contribution in [0.4, 0.5) is 0 Å². The summed E-state index contributed by atoms with van der Waals surface area (Å²) in [6.07, 6.45) is 6.22. The predicted octanol–water partition coefficient (Wildman–Crippen LogP) is 4.80. The highest BCUT2D eigenvalue weighted by Gasteiger charge is 2.36. The molecule has 18 heavy (non-hydrogen) atoms. The molecule has 1 aromatic carbocycles. The first-order valence-corrected chi connectivity index (χ1v) is 7.60. The van der Waals surface area contributed by atoms with Gasteiger partial charge in [0.2, 0.25) is 0 Å². The first kappa shape index (κ1) is 14.2. The summed E-state index contributed by atoms with van der Waals surface area (Å²) in [4.78, 5) is 0. The van der Waals surface area contributed by atoms with Crippen LogP contribution in [0.15, 0.2) is 18.2 Å². The Bertz CT molecular complexity index is 397. The van der Waals surface area contributed by atoms with E-state index < -0.39 is 0 Å². The molecule has 1 aliphatic carbocycles. The van der Waals surface area contributed by atoms with Gasteiger partial charge in [0.1, 0.15) is 0 Å². The Morgan fingerprint density at radius 1 is 1.22 bits per heavy atom. The maximum absolute atomic E-state index is 6.40. The first-order valence-electron chi connectivity index (χ1n) is 6.84. The Labute approximate surface area is 120 Å². The average molecular weight is 286 g/mol. The summed E-state index contributed by atoms with van der Waals surface area (Å²) >= 11 is 12.4. The van der Waals surface area contributed by atoms with Crippen LogP contribution < -0.4 is 5.32 Å². The maximum atomic E-state index is 6.40. The molecule has 1 fully saturated rings. The summed E-state index contributed by atoms with van der Waals surface area (Å²) < 4.78 is 0. The van der Waals surface area contributed by atoms with Gasteiger partial charge in [-0.2, -0.15) is 0 Å². The summed E-state index contributed by atoms with van der Waals surface area (Å²) in [5, 5.41) is 5.11. The molecule has 0 amide bonds. The topological polar surface area (TPSA) is 12.0 Å². The predicted molar refractivity (Wildman–Crippen MR) is 79.8 cm³/mol. The summed E-state index contributed by atoms with van der Waals surface area (Å²) in [5.74, 6) is 0. The lowest BCUT2D eigenvalue weighted by atomic mass is 9.78. The minimum absolute atomic E-state index is 0.219. The van der Waals surface area contributed by atoms with Crippen LogP contribution in [0.5, 0.6) is 0 Å². The van der Waals surface area contributed by atoms with E-state index in [1.165, 1.54) is 37.7 Å². The van der Waals surface area contributed by atoms with Gasteiger partial charge in [0.05, 0.1) is 0 Å². The van der Waals surface area contributed by atoms with E-state index in [0.29, 0.717) is 0 Å². The maximum Gasteiger partial charge on any atom is 0.0458 e. The third kappa shape index (κ3) is 3.01. The molecule has 1 nitrogen and oxygen atoms in total. The molecule has 0 heterocycles. The molecule has 3 heteroatoms. The van der Waals surface area contributed by atoms with Crippen molar-refractivity contribution in [1.29, 1.82) is 0 Å². The Morgan fingerprint density at radius 2 is 1.94 bits per heavy atom. The summed E-state index contributed by atoms with van der Waals surface area (Å²) in [6.45, 7) is 4.30. The van der Waals surface area contributed by atoms with Crippen LogP contribution in [0, 0.1) is 0 Å². The number of hydrogen-bond acceptors (Lipinski definition) is 1. The molecule has 1 aromatic rings. The van der Waals surface area contributed by atoms with E-state index in [2.05, 4.69) is 18.3 Å². The quantitative estimate of drug-likeness (QED) is 0.766. The standard InChI is InChI=1S/C15H21Cl2N/c1-2-9-18-11-15(7-3-4-8-15)13-6-5-12(16)10-14(13)17/h5-6,10,18H,2-4,7-9,11H2,1H3. The fourth-order valence-corrected chi connectivity index (χ4v) is 3.63. The van der Waals surface area contributed by atoms with Crippen LogP contribution in [-0.4, -0.2) is 13.1 Å². The molecule has 100 valence electrons. The van der Waals surface area contributed by atoms with Crippen molar-refractivity contribution in [3.05, 3.63) is 33.8 Å². The van der Waals surface area contributed by atoms with Gasteiger partial charge in [-0.1, -0.05) is 49.0 Å². The van der Waals surface area contributed by atoms with Gasteiger partial charge >= 0.3 is 0 Å².